The molecule has 1 aromatic heterocycles. The molecule has 4 nitrogen and oxygen atoms in total. The van der Waals surface area contributed by atoms with Crippen molar-refractivity contribution in [2.24, 2.45) is 0 Å². The first-order valence-electron chi connectivity index (χ1n) is 5.71. The lowest BCUT2D eigenvalue weighted by atomic mass is 10.1. The number of fused-ring (bicyclic) bond motifs is 1. The first-order valence-corrected chi connectivity index (χ1v) is 5.71. The van der Waals surface area contributed by atoms with E-state index in [4.69, 9.17) is 5.11 Å². The van der Waals surface area contributed by atoms with Crippen LogP contribution in [-0.2, 0) is 11.0 Å². The minimum Gasteiger partial charge on any atom is -0.480 e. The summed E-state index contributed by atoms with van der Waals surface area (Å²) in [4.78, 5) is 14.6. The van der Waals surface area contributed by atoms with Crippen LogP contribution in [0.25, 0.3) is 10.9 Å². The van der Waals surface area contributed by atoms with E-state index in [0.29, 0.717) is 16.8 Å². The van der Waals surface area contributed by atoms with Gasteiger partial charge in [-0.2, -0.15) is 13.2 Å². The summed E-state index contributed by atoms with van der Waals surface area (Å²) in [5.41, 5.74) is 0.341. The Labute approximate surface area is 112 Å². The van der Waals surface area contributed by atoms with Crippen LogP contribution in [0.2, 0.25) is 0 Å². The molecule has 106 valence electrons. The molecule has 1 aromatic carbocycles. The highest BCUT2D eigenvalue weighted by molar-refractivity contribution is 5.93. The SMILES string of the molecule is Cc1cc(NCC(=O)O)c2ccc(C(F)(F)F)cc2n1. The van der Waals surface area contributed by atoms with Gasteiger partial charge in [0.1, 0.15) is 6.54 Å². The fourth-order valence-corrected chi connectivity index (χ4v) is 1.85. The fraction of sp³-hybridized carbons (Fsp3) is 0.231. The molecule has 0 aliphatic rings. The molecular formula is C13H11F3N2O2. The van der Waals surface area contributed by atoms with Crippen LogP contribution in [0.15, 0.2) is 24.3 Å². The highest BCUT2D eigenvalue weighted by Gasteiger charge is 2.30. The van der Waals surface area contributed by atoms with Crippen LogP contribution in [0, 0.1) is 6.92 Å². The Hall–Kier alpha value is -2.31. The number of pyridine rings is 1. The Kier molecular flexibility index (Phi) is 3.52. The normalized spacial score (nSPS) is 11.6. The van der Waals surface area contributed by atoms with Gasteiger partial charge in [0, 0.05) is 16.8 Å². The van der Waals surface area contributed by atoms with Gasteiger partial charge in [0.2, 0.25) is 0 Å². The smallest absolute Gasteiger partial charge is 0.416 e. The number of rotatable bonds is 3. The Balaban J connectivity index is 2.52. The van der Waals surface area contributed by atoms with Gasteiger partial charge in [-0.25, -0.2) is 0 Å². The number of hydrogen-bond donors (Lipinski definition) is 2. The summed E-state index contributed by atoms with van der Waals surface area (Å²) in [7, 11) is 0. The lowest BCUT2D eigenvalue weighted by Crippen LogP contribution is -2.13. The third-order valence-corrected chi connectivity index (χ3v) is 2.70. The molecule has 0 amide bonds. The van der Waals surface area contributed by atoms with Crippen LogP contribution in [0.4, 0.5) is 18.9 Å². The highest BCUT2D eigenvalue weighted by Crippen LogP contribution is 2.32. The summed E-state index contributed by atoms with van der Waals surface area (Å²) in [6.07, 6.45) is -4.44. The molecule has 0 bridgehead atoms. The molecule has 7 heteroatoms. The highest BCUT2D eigenvalue weighted by atomic mass is 19.4. The van der Waals surface area contributed by atoms with E-state index < -0.39 is 17.7 Å². The van der Waals surface area contributed by atoms with Crippen LogP contribution in [-0.4, -0.2) is 22.6 Å². The van der Waals surface area contributed by atoms with E-state index >= 15 is 0 Å². The molecule has 2 aromatic rings. The quantitative estimate of drug-likeness (QED) is 0.909. The van der Waals surface area contributed by atoms with Crippen LogP contribution in [0.1, 0.15) is 11.3 Å². The third kappa shape index (κ3) is 2.98. The number of aliphatic carboxylic acids is 1. The van der Waals surface area contributed by atoms with Gasteiger partial charge in [-0.3, -0.25) is 9.78 Å². The van der Waals surface area contributed by atoms with E-state index in [1.165, 1.54) is 6.07 Å². The number of alkyl halides is 3. The summed E-state index contributed by atoms with van der Waals surface area (Å²) in [5, 5.41) is 11.8. The fourth-order valence-electron chi connectivity index (χ4n) is 1.85. The van der Waals surface area contributed by atoms with Gasteiger partial charge in [0.25, 0.3) is 0 Å². The van der Waals surface area contributed by atoms with E-state index in [0.717, 1.165) is 12.1 Å². The van der Waals surface area contributed by atoms with Gasteiger partial charge in [0.15, 0.2) is 0 Å². The summed E-state index contributed by atoms with van der Waals surface area (Å²) in [5.74, 6) is -1.06. The number of hydrogen-bond acceptors (Lipinski definition) is 3. The van der Waals surface area contributed by atoms with Gasteiger partial charge < -0.3 is 10.4 Å². The first-order chi connectivity index (χ1) is 9.27. The standard InChI is InChI=1S/C13H11F3N2O2/c1-7-4-10(17-6-12(19)20)9-3-2-8(13(14,15)16)5-11(9)18-7/h2-5H,6H2,1H3,(H,17,18)(H,19,20). The summed E-state index contributed by atoms with van der Waals surface area (Å²) in [6.45, 7) is 1.31. The third-order valence-electron chi connectivity index (χ3n) is 2.70. The average molecular weight is 284 g/mol. The van der Waals surface area contributed by atoms with Crippen molar-refractivity contribution >= 4 is 22.6 Å². The molecule has 0 saturated carbocycles. The number of carbonyl (C=O) groups is 1. The molecule has 2 N–H and O–H groups in total. The van der Waals surface area contributed by atoms with E-state index in [1.54, 1.807) is 13.0 Å². The van der Waals surface area contributed by atoms with Crippen LogP contribution in [0.5, 0.6) is 0 Å². The number of nitrogens with one attached hydrogen (secondary N) is 1. The number of anilines is 1. The predicted octanol–water partition coefficient (Wildman–Crippen LogP) is 3.06. The van der Waals surface area contributed by atoms with Crippen molar-refractivity contribution in [2.75, 3.05) is 11.9 Å². The second kappa shape index (κ2) is 4.99. The zero-order valence-electron chi connectivity index (χ0n) is 10.5. The second-order valence-corrected chi connectivity index (χ2v) is 4.29. The molecule has 0 fully saturated rings. The average Bonchev–Trinajstić information content (AvgIpc) is 2.33. The van der Waals surface area contributed by atoms with Crippen LogP contribution in [0.3, 0.4) is 0 Å². The Bertz CT molecular complexity index is 668. The topological polar surface area (TPSA) is 62.2 Å². The molecule has 1 heterocycles. The van der Waals surface area contributed by atoms with E-state index in [1.807, 2.05) is 0 Å². The minimum absolute atomic E-state index is 0.174. The molecule has 20 heavy (non-hydrogen) atoms. The predicted molar refractivity (Wildman–Crippen MR) is 67.6 cm³/mol. The Morgan fingerprint density at radius 2 is 2.05 bits per heavy atom. The van der Waals surface area contributed by atoms with Gasteiger partial charge >= 0.3 is 12.1 Å². The van der Waals surface area contributed by atoms with Gasteiger partial charge in [0.05, 0.1) is 11.1 Å². The van der Waals surface area contributed by atoms with Crippen LogP contribution >= 0.6 is 0 Å². The van der Waals surface area contributed by atoms with Gasteiger partial charge in [-0.05, 0) is 25.1 Å². The maximum absolute atomic E-state index is 12.6. The van der Waals surface area contributed by atoms with E-state index in [9.17, 15) is 18.0 Å². The largest absolute Gasteiger partial charge is 0.480 e. The van der Waals surface area contributed by atoms with Crippen molar-refractivity contribution in [2.45, 2.75) is 13.1 Å². The van der Waals surface area contributed by atoms with E-state index in [2.05, 4.69) is 10.3 Å². The van der Waals surface area contributed by atoms with Crippen molar-refractivity contribution < 1.29 is 23.1 Å². The Morgan fingerprint density at radius 3 is 2.65 bits per heavy atom. The minimum atomic E-state index is -4.44. The molecule has 0 aliphatic heterocycles. The van der Waals surface area contributed by atoms with Crippen molar-refractivity contribution in [1.82, 2.24) is 4.98 Å². The number of carboxylic acids is 1. The number of carboxylic acid groups (broad SMARTS) is 1. The van der Waals surface area contributed by atoms with E-state index in [-0.39, 0.29) is 12.1 Å². The molecule has 0 aliphatic carbocycles. The summed E-state index contributed by atoms with van der Waals surface area (Å²) in [6, 6.07) is 4.78. The zero-order valence-corrected chi connectivity index (χ0v) is 10.5. The molecular weight excluding hydrogens is 273 g/mol. The van der Waals surface area contributed by atoms with Crippen LogP contribution < -0.4 is 5.32 Å². The second-order valence-electron chi connectivity index (χ2n) is 4.29. The molecule has 0 unspecified atom stereocenters. The molecule has 0 spiro atoms. The first kappa shape index (κ1) is 14.1. The number of aromatic nitrogens is 1. The number of nitrogens with zero attached hydrogens (tertiary/aromatic N) is 1. The number of aryl methyl sites for hydroxylation is 1. The summed E-state index contributed by atoms with van der Waals surface area (Å²) >= 11 is 0. The van der Waals surface area contributed by atoms with Crippen molar-refractivity contribution in [1.29, 1.82) is 0 Å². The van der Waals surface area contributed by atoms with Crippen molar-refractivity contribution in [3.63, 3.8) is 0 Å². The molecule has 0 radical (unpaired) electrons. The summed E-state index contributed by atoms with van der Waals surface area (Å²) < 4.78 is 37.9. The lowest BCUT2D eigenvalue weighted by Gasteiger charge is -2.11. The van der Waals surface area contributed by atoms with Crippen molar-refractivity contribution in [3.05, 3.63) is 35.5 Å². The molecule has 0 saturated heterocycles. The lowest BCUT2D eigenvalue weighted by molar-refractivity contribution is -0.137. The molecule has 0 atom stereocenters. The number of benzene rings is 1. The monoisotopic (exact) mass is 284 g/mol. The van der Waals surface area contributed by atoms with Crippen molar-refractivity contribution in [3.8, 4) is 0 Å². The number of halogens is 3. The zero-order chi connectivity index (χ0) is 14.9. The van der Waals surface area contributed by atoms with Gasteiger partial charge in [-0.1, -0.05) is 6.07 Å². The maximum Gasteiger partial charge on any atom is 0.416 e. The Morgan fingerprint density at radius 1 is 1.35 bits per heavy atom. The maximum atomic E-state index is 12.6. The molecule has 2 rings (SSSR count). The van der Waals surface area contributed by atoms with Gasteiger partial charge in [-0.15, -0.1) is 0 Å².